The van der Waals surface area contributed by atoms with Crippen molar-refractivity contribution in [2.24, 2.45) is 0 Å². The number of H-pyrrole nitrogens is 10. The predicted molar refractivity (Wildman–Crippen MR) is 596 cm³/mol. The Bertz CT molecular complexity index is 7220. The third kappa shape index (κ3) is 30.2. The van der Waals surface area contributed by atoms with Crippen LogP contribution in [0.3, 0.4) is 0 Å². The molecule has 10 N–H and O–H groups in total. The molecule has 0 aliphatic rings. The summed E-state index contributed by atoms with van der Waals surface area (Å²) < 4.78 is 90.9. The lowest BCUT2D eigenvalue weighted by Crippen LogP contribution is -2.13. The minimum atomic E-state index is -4.37. The maximum Gasteiger partial charge on any atom is 0.418 e. The predicted octanol–water partition coefficient (Wildman–Crippen LogP) is 34.3. The van der Waals surface area contributed by atoms with Gasteiger partial charge in [-0.05, 0) is 172 Å². The fraction of sp³-hybridized carbons (Fsp3) is 0.397. The Morgan fingerprint density at radius 1 is 0.211 bits per heavy atom. The summed E-state index contributed by atoms with van der Waals surface area (Å²) in [5.74, 6) is 7.02. The Morgan fingerprint density at radius 3 is 0.762 bits per heavy atom. The molecule has 0 saturated carbocycles. The highest BCUT2D eigenvalue weighted by Crippen LogP contribution is 2.38. The Labute approximate surface area is 876 Å². The van der Waals surface area contributed by atoms with E-state index in [1.807, 2.05) is 119 Å². The maximum absolute atomic E-state index is 13.3. The van der Waals surface area contributed by atoms with Crippen LogP contribution in [0.4, 0.5) is 30.7 Å². The lowest BCUT2D eigenvalue weighted by Gasteiger charge is -2.13. The Morgan fingerprint density at radius 2 is 0.456 bits per heavy atom. The van der Waals surface area contributed by atoms with Gasteiger partial charge in [0.05, 0.1) is 115 Å². The van der Waals surface area contributed by atoms with Gasteiger partial charge >= 0.3 is 6.18 Å². The van der Waals surface area contributed by atoms with E-state index in [4.69, 9.17) is 46.4 Å². The van der Waals surface area contributed by atoms with Gasteiger partial charge in [-0.2, -0.15) is 13.2 Å². The molecule has 31 heteroatoms. The summed E-state index contributed by atoms with van der Waals surface area (Å²) in [6.45, 7) is 73.1. The van der Waals surface area contributed by atoms with Gasteiger partial charge in [-0.3, -0.25) is 0 Å². The molecule has 20 rings (SSSR count). The van der Waals surface area contributed by atoms with E-state index in [-0.39, 0.29) is 75.2 Å². The van der Waals surface area contributed by atoms with Crippen molar-refractivity contribution in [3.8, 4) is 0 Å². The first-order valence-corrected chi connectivity index (χ1v) is 50.4. The average Bonchev–Trinajstić information content (AvgIpc) is 1.63. The van der Waals surface area contributed by atoms with Crippen LogP contribution in [0.2, 0.25) is 20.1 Å². The standard InChI is InChI=1S/C13H18N2.C12H13F3N2.3C12H16N2.2C11H12ClFN2.2C11H13ClN2.C11H12F2N2/c1-8-6-9(2)11-10(7-8)14-12(15-11)13(3,4)5;1-11(2,3)10-16-8-6-4-5-7(9(8)17-10)12(13,14)15;3*1-8-5-6-9-10(7-8)14-11(13-9)12(2,3)4;2*1-11(2,3)10-14-8-4-6(12)7(13)5-9(8)15-10;2*1-11(2,3)10-13-8-5-4-7(12)6-9(8)14-10;1-11(2,3)10-14-8-5-6(12)4-7(13)9(8)15-10/h6-7H,1-5H3,(H,14,15);4-6H,1-3H3,(H,16,17);3*5-7H,1-4H3,(H,13,14);2*4-5H,1-3H3,(H,14,15);2*4-6H,1-3H3,(H,13,14);4-5H,1-3H3,(H,14,15). The quantitative estimate of drug-likeness (QED) is 0.0641. The largest absolute Gasteiger partial charge is 0.418 e. The molecule has 10 heterocycles. The van der Waals surface area contributed by atoms with Gasteiger partial charge in [0.25, 0.3) is 0 Å². The van der Waals surface area contributed by atoms with Crippen LogP contribution in [0, 0.1) is 57.9 Å². The first-order valence-electron chi connectivity index (χ1n) is 48.9. The summed E-state index contributed by atoms with van der Waals surface area (Å²) in [4.78, 5) is 76.5. The van der Waals surface area contributed by atoms with Crippen LogP contribution in [0.15, 0.2) is 158 Å². The molecular formula is C116H141Cl4F7N20. The first-order chi connectivity index (χ1) is 67.5. The molecule has 0 bridgehead atoms. The zero-order valence-corrected chi connectivity index (χ0v) is 94.2. The van der Waals surface area contributed by atoms with E-state index < -0.39 is 35.0 Å². The van der Waals surface area contributed by atoms with E-state index in [0.29, 0.717) is 44.7 Å². The number of benzene rings is 10. The van der Waals surface area contributed by atoms with Gasteiger partial charge in [0.1, 0.15) is 86.7 Å². The monoisotopic (exact) mass is 2090 g/mol. The molecule has 20 aromatic rings. The van der Waals surface area contributed by atoms with E-state index in [1.54, 1.807) is 6.07 Å². The number of para-hydroxylation sites is 1. The zero-order valence-electron chi connectivity index (χ0n) is 91.1. The number of nitrogens with one attached hydrogen (secondary N) is 10. The molecule has 0 aliphatic carbocycles. The third-order valence-electron chi connectivity index (χ3n) is 23.2. The molecule has 20 nitrogen and oxygen atoms in total. The topological polar surface area (TPSA) is 287 Å². The molecule has 10 aromatic carbocycles. The summed E-state index contributed by atoms with van der Waals surface area (Å²) in [7, 11) is 0. The van der Waals surface area contributed by atoms with Crippen molar-refractivity contribution < 1.29 is 30.7 Å². The minimum Gasteiger partial charge on any atom is -0.342 e. The van der Waals surface area contributed by atoms with Crippen LogP contribution in [0.5, 0.6) is 0 Å². The first kappa shape index (κ1) is 115. The van der Waals surface area contributed by atoms with Crippen molar-refractivity contribution in [3.63, 3.8) is 0 Å². The summed E-state index contributed by atoms with van der Waals surface area (Å²) in [6.07, 6.45) is -4.37. The SMILES string of the molecule is CC(C)(C)c1nc2c(C(F)(F)F)cccc2[nH]1.CC(C)(C)c1nc2c(F)cc(F)cc2[nH]1.CC(C)(C)c1nc2cc(Cl)c(F)cc2[nH]1.CC(C)(C)c1nc2cc(Cl)c(F)cc2[nH]1.CC(C)(C)c1nc2ccc(Cl)cc2[nH]1.CC(C)(C)c1nc2ccc(Cl)cc2[nH]1.Cc1cc(C)c2nc(C(C)(C)C)[nH]c2c1.Cc1ccc2nc(C(C)(C)C)[nH]c2c1.Cc1ccc2nc(C(C)(C)C)[nH]c2c1.Cc1ccc2nc(C(C)(C)C)[nH]c2c1. The Kier molecular flexibility index (Phi) is 34.2. The van der Waals surface area contributed by atoms with Crippen LogP contribution >= 0.6 is 46.4 Å². The number of halogens is 11. The second-order valence-electron chi connectivity index (χ2n) is 47.8. The lowest BCUT2D eigenvalue weighted by atomic mass is 9.96. The number of hydrogen-bond donors (Lipinski definition) is 10. The van der Waals surface area contributed by atoms with Crippen molar-refractivity contribution in [3.05, 3.63) is 293 Å². The van der Waals surface area contributed by atoms with Gasteiger partial charge < -0.3 is 49.8 Å². The highest BCUT2D eigenvalue weighted by atomic mass is 35.5. The van der Waals surface area contributed by atoms with Crippen molar-refractivity contribution >= 4 is 157 Å². The molecule has 0 fully saturated rings. The van der Waals surface area contributed by atoms with E-state index in [0.717, 1.165) is 135 Å². The Hall–Kier alpha value is -12.4. The van der Waals surface area contributed by atoms with Crippen LogP contribution in [0.25, 0.3) is 110 Å². The van der Waals surface area contributed by atoms with Gasteiger partial charge in [-0.25, -0.2) is 67.4 Å². The fourth-order valence-corrected chi connectivity index (χ4v) is 15.3. The second-order valence-corrected chi connectivity index (χ2v) is 49.5. The molecule has 147 heavy (non-hydrogen) atoms. The van der Waals surface area contributed by atoms with Crippen LogP contribution in [0.1, 0.15) is 299 Å². The molecule has 0 unspecified atom stereocenters. The number of hydrogen-bond acceptors (Lipinski definition) is 10. The van der Waals surface area contributed by atoms with Crippen molar-refractivity contribution in [1.29, 1.82) is 0 Å². The van der Waals surface area contributed by atoms with Gasteiger partial charge in [0.15, 0.2) is 5.82 Å². The number of nitrogens with zero attached hydrogens (tertiary/aromatic N) is 10. The maximum atomic E-state index is 13.3. The normalized spacial score (nSPS) is 12.4. The number of alkyl halides is 3. The van der Waals surface area contributed by atoms with E-state index in [9.17, 15) is 30.7 Å². The third-order valence-corrected chi connectivity index (χ3v) is 24.2. The molecule has 10 aromatic heterocycles. The van der Waals surface area contributed by atoms with E-state index >= 15 is 0 Å². The number of aromatic amines is 10. The van der Waals surface area contributed by atoms with Crippen LogP contribution in [-0.4, -0.2) is 99.7 Å². The molecule has 0 saturated heterocycles. The summed E-state index contributed by atoms with van der Waals surface area (Å²) in [5.41, 5.74) is 22.0. The fourth-order valence-electron chi connectivity index (χ4n) is 14.7. The van der Waals surface area contributed by atoms with E-state index in [1.165, 1.54) is 64.2 Å². The number of rotatable bonds is 0. The lowest BCUT2D eigenvalue weighted by molar-refractivity contribution is -0.136. The van der Waals surface area contributed by atoms with Gasteiger partial charge in [0.2, 0.25) is 0 Å². The highest BCUT2D eigenvalue weighted by Gasteiger charge is 2.35. The smallest absolute Gasteiger partial charge is 0.342 e. The summed E-state index contributed by atoms with van der Waals surface area (Å²) in [6, 6.07) is 46.6. The van der Waals surface area contributed by atoms with Crippen molar-refractivity contribution in [1.82, 2.24) is 99.7 Å². The number of aromatic nitrogens is 20. The molecule has 0 amide bonds. The number of aryl methyl sites for hydroxylation is 5. The molecule has 0 spiro atoms. The number of imidazole rings is 10. The minimum absolute atomic E-state index is 0.00933. The van der Waals surface area contributed by atoms with Crippen LogP contribution < -0.4 is 0 Å². The van der Waals surface area contributed by atoms with E-state index in [2.05, 4.69) is 326 Å². The highest BCUT2D eigenvalue weighted by molar-refractivity contribution is 6.32. The molecule has 0 radical (unpaired) electrons. The van der Waals surface area contributed by atoms with Crippen molar-refractivity contribution in [2.45, 2.75) is 303 Å². The molecule has 0 aliphatic heterocycles. The average molecular weight is 2090 g/mol. The summed E-state index contributed by atoms with van der Waals surface area (Å²) in [5, 5.41) is 1.69. The van der Waals surface area contributed by atoms with Crippen molar-refractivity contribution in [2.75, 3.05) is 0 Å². The van der Waals surface area contributed by atoms with Crippen LogP contribution in [-0.2, 0) is 60.3 Å². The summed E-state index contributed by atoms with van der Waals surface area (Å²) >= 11 is 23.2. The van der Waals surface area contributed by atoms with Gasteiger partial charge in [-0.1, -0.05) is 284 Å². The molecule has 782 valence electrons. The zero-order chi connectivity index (χ0) is 109. The van der Waals surface area contributed by atoms with Gasteiger partial charge in [-0.15, -0.1) is 0 Å². The molecular weight excluding hydrogens is 1950 g/mol. The molecule has 0 atom stereocenters. The second kappa shape index (κ2) is 43.8. The van der Waals surface area contributed by atoms with Gasteiger partial charge in [0, 0.05) is 82.4 Å². The Balaban J connectivity index is 0.000000155. The number of fused-ring (bicyclic) bond motifs is 10.